The van der Waals surface area contributed by atoms with E-state index in [0.717, 1.165) is 4.90 Å². The molecular weight excluding hydrogens is 219 g/mol. The van der Waals surface area contributed by atoms with E-state index in [4.69, 9.17) is 10.0 Å². The largest absolute Gasteiger partial charge is 0.488 e. The van der Waals surface area contributed by atoms with Crippen molar-refractivity contribution in [1.82, 2.24) is 4.90 Å². The lowest BCUT2D eigenvalue weighted by Crippen LogP contribution is -2.32. The molecule has 16 heavy (non-hydrogen) atoms. The van der Waals surface area contributed by atoms with Gasteiger partial charge in [0.2, 0.25) is 0 Å². The van der Waals surface area contributed by atoms with Crippen LogP contribution in [0, 0.1) is 11.6 Å². The number of halogens is 2. The van der Waals surface area contributed by atoms with Crippen LogP contribution in [0.3, 0.4) is 0 Å². The normalized spacial score (nSPS) is 10.1. The van der Waals surface area contributed by atoms with Crippen LogP contribution >= 0.6 is 0 Å². The average molecular weight is 229 g/mol. The third-order valence-electron chi connectivity index (χ3n) is 1.98. The van der Waals surface area contributed by atoms with Crippen LogP contribution in [-0.2, 0) is 0 Å². The summed E-state index contributed by atoms with van der Waals surface area (Å²) in [6.07, 6.45) is 0. The highest BCUT2D eigenvalue weighted by molar-refractivity contribution is 6.58. The Balaban J connectivity index is 3.28. The molecule has 4 nitrogen and oxygen atoms in total. The lowest BCUT2D eigenvalue weighted by molar-refractivity contribution is 0.0818. The van der Waals surface area contributed by atoms with Crippen LogP contribution in [0.4, 0.5) is 8.78 Å². The van der Waals surface area contributed by atoms with E-state index in [1.807, 2.05) is 0 Å². The summed E-state index contributed by atoms with van der Waals surface area (Å²) in [6, 6.07) is 1.43. The fraction of sp³-hybridized carbons (Fsp3) is 0.222. The summed E-state index contributed by atoms with van der Waals surface area (Å²) in [5.41, 5.74) is -1.06. The van der Waals surface area contributed by atoms with Crippen molar-refractivity contribution in [1.29, 1.82) is 0 Å². The van der Waals surface area contributed by atoms with E-state index in [-0.39, 0.29) is 5.46 Å². The Bertz CT molecular complexity index is 400. The van der Waals surface area contributed by atoms with E-state index in [1.165, 1.54) is 14.1 Å². The number of benzene rings is 1. The average Bonchev–Trinajstić information content (AvgIpc) is 2.15. The SMILES string of the molecule is CN(C)C(=O)c1c(F)cc(B(O)O)cc1F. The molecule has 0 unspecified atom stereocenters. The van der Waals surface area contributed by atoms with Gasteiger partial charge in [0, 0.05) is 14.1 Å². The number of nitrogens with zero attached hydrogens (tertiary/aromatic N) is 1. The Morgan fingerprint density at radius 3 is 2.00 bits per heavy atom. The van der Waals surface area contributed by atoms with Gasteiger partial charge >= 0.3 is 7.12 Å². The molecule has 0 heterocycles. The minimum Gasteiger partial charge on any atom is -0.423 e. The summed E-state index contributed by atoms with van der Waals surface area (Å²) in [6.45, 7) is 0. The van der Waals surface area contributed by atoms with Crippen LogP contribution < -0.4 is 5.46 Å². The second-order valence-corrected chi connectivity index (χ2v) is 3.43. The molecule has 0 aliphatic rings. The molecule has 1 amide bonds. The maximum Gasteiger partial charge on any atom is 0.488 e. The topological polar surface area (TPSA) is 60.8 Å². The van der Waals surface area contributed by atoms with Crippen LogP contribution in [0.2, 0.25) is 0 Å². The molecule has 1 rings (SSSR count). The summed E-state index contributed by atoms with van der Waals surface area (Å²) in [5.74, 6) is -3.07. The maximum absolute atomic E-state index is 13.4. The molecule has 86 valence electrons. The Kier molecular flexibility index (Phi) is 3.61. The molecule has 0 aliphatic carbocycles. The van der Waals surface area contributed by atoms with Gasteiger partial charge in [0.15, 0.2) is 0 Å². The number of amides is 1. The second kappa shape index (κ2) is 4.59. The first-order valence-electron chi connectivity index (χ1n) is 4.41. The summed E-state index contributed by atoms with van der Waals surface area (Å²) in [7, 11) is 0.735. The first-order valence-corrected chi connectivity index (χ1v) is 4.41. The van der Waals surface area contributed by atoms with Crippen molar-refractivity contribution < 1.29 is 23.6 Å². The van der Waals surface area contributed by atoms with Crippen LogP contribution in [0.1, 0.15) is 10.4 Å². The van der Waals surface area contributed by atoms with Crippen molar-refractivity contribution in [2.75, 3.05) is 14.1 Å². The fourth-order valence-electron chi connectivity index (χ4n) is 1.17. The molecular formula is C9H10BF2NO3. The highest BCUT2D eigenvalue weighted by Crippen LogP contribution is 2.12. The van der Waals surface area contributed by atoms with Crippen LogP contribution in [0.5, 0.6) is 0 Å². The molecule has 1 aromatic rings. The molecule has 0 saturated heterocycles. The smallest absolute Gasteiger partial charge is 0.423 e. The van der Waals surface area contributed by atoms with Gasteiger partial charge < -0.3 is 14.9 Å². The van der Waals surface area contributed by atoms with Crippen molar-refractivity contribution in [3.05, 3.63) is 29.3 Å². The van der Waals surface area contributed by atoms with Crippen LogP contribution in [0.25, 0.3) is 0 Å². The van der Waals surface area contributed by atoms with Gasteiger partial charge in [-0.1, -0.05) is 0 Å². The number of rotatable bonds is 2. The maximum atomic E-state index is 13.4. The fourth-order valence-corrected chi connectivity index (χ4v) is 1.17. The van der Waals surface area contributed by atoms with E-state index in [9.17, 15) is 13.6 Å². The number of carbonyl (C=O) groups excluding carboxylic acids is 1. The summed E-state index contributed by atoms with van der Waals surface area (Å²) < 4.78 is 26.7. The van der Waals surface area contributed by atoms with Crippen LogP contribution in [-0.4, -0.2) is 42.1 Å². The van der Waals surface area contributed by atoms with Gasteiger partial charge in [-0.2, -0.15) is 0 Å². The Labute approximate surface area is 91.3 Å². The van der Waals surface area contributed by atoms with Crippen molar-refractivity contribution in [3.63, 3.8) is 0 Å². The first-order chi connectivity index (χ1) is 7.34. The van der Waals surface area contributed by atoms with Gasteiger partial charge in [0.25, 0.3) is 5.91 Å². The number of hydrogen-bond acceptors (Lipinski definition) is 3. The van der Waals surface area contributed by atoms with E-state index < -0.39 is 30.2 Å². The zero-order valence-electron chi connectivity index (χ0n) is 8.74. The van der Waals surface area contributed by atoms with Gasteiger partial charge in [0.1, 0.15) is 17.2 Å². The van der Waals surface area contributed by atoms with Gasteiger partial charge in [-0.05, 0) is 17.6 Å². The first kappa shape index (κ1) is 12.6. The van der Waals surface area contributed by atoms with E-state index in [0.29, 0.717) is 12.1 Å². The molecule has 0 aromatic heterocycles. The van der Waals surface area contributed by atoms with Gasteiger partial charge in [-0.15, -0.1) is 0 Å². The molecule has 0 saturated carbocycles. The van der Waals surface area contributed by atoms with Crippen molar-refractivity contribution in [2.45, 2.75) is 0 Å². The van der Waals surface area contributed by atoms with E-state index in [1.54, 1.807) is 0 Å². The molecule has 0 radical (unpaired) electrons. The molecule has 1 aromatic carbocycles. The van der Waals surface area contributed by atoms with E-state index in [2.05, 4.69) is 0 Å². The van der Waals surface area contributed by atoms with Gasteiger partial charge in [-0.3, -0.25) is 4.79 Å². The monoisotopic (exact) mass is 229 g/mol. The predicted molar refractivity (Wildman–Crippen MR) is 54.2 cm³/mol. The highest BCUT2D eigenvalue weighted by Gasteiger charge is 2.23. The van der Waals surface area contributed by atoms with E-state index >= 15 is 0 Å². The minimum absolute atomic E-state index is 0.342. The zero-order chi connectivity index (χ0) is 12.5. The molecule has 0 aliphatic heterocycles. The molecule has 0 fully saturated rings. The van der Waals surface area contributed by atoms with Crippen molar-refractivity contribution in [2.24, 2.45) is 0 Å². The summed E-state index contributed by atoms with van der Waals surface area (Å²) in [5, 5.41) is 17.5. The Hall–Kier alpha value is -1.47. The third-order valence-corrected chi connectivity index (χ3v) is 1.98. The molecule has 0 bridgehead atoms. The van der Waals surface area contributed by atoms with Gasteiger partial charge in [-0.25, -0.2) is 8.78 Å². The summed E-state index contributed by atoms with van der Waals surface area (Å²) >= 11 is 0. The zero-order valence-corrected chi connectivity index (χ0v) is 8.74. The molecule has 2 N–H and O–H groups in total. The second-order valence-electron chi connectivity index (χ2n) is 3.43. The lowest BCUT2D eigenvalue weighted by Gasteiger charge is -2.12. The molecule has 0 atom stereocenters. The quantitative estimate of drug-likeness (QED) is 0.662. The Morgan fingerprint density at radius 2 is 1.69 bits per heavy atom. The molecule has 0 spiro atoms. The predicted octanol–water partition coefficient (Wildman–Crippen LogP) is -0.654. The summed E-state index contributed by atoms with van der Waals surface area (Å²) in [4.78, 5) is 12.4. The third kappa shape index (κ3) is 2.37. The number of carbonyl (C=O) groups is 1. The van der Waals surface area contributed by atoms with Crippen LogP contribution in [0.15, 0.2) is 12.1 Å². The molecule has 7 heteroatoms. The van der Waals surface area contributed by atoms with Gasteiger partial charge in [0.05, 0.1) is 0 Å². The minimum atomic E-state index is -1.98. The van der Waals surface area contributed by atoms with Crippen molar-refractivity contribution in [3.8, 4) is 0 Å². The number of hydrogen-bond donors (Lipinski definition) is 2. The standard InChI is InChI=1S/C9H10BF2NO3/c1-13(2)9(14)8-6(11)3-5(10(15)16)4-7(8)12/h3-4,15-16H,1-2H3. The highest BCUT2D eigenvalue weighted by atomic mass is 19.1. The Morgan fingerprint density at radius 1 is 1.25 bits per heavy atom. The lowest BCUT2D eigenvalue weighted by atomic mass is 9.79. The van der Waals surface area contributed by atoms with Crippen molar-refractivity contribution >= 4 is 18.5 Å².